The predicted octanol–water partition coefficient (Wildman–Crippen LogP) is 0.839. The lowest BCUT2D eigenvalue weighted by molar-refractivity contribution is 0.0767. The zero-order valence-corrected chi connectivity index (χ0v) is 14.5. The number of likely N-dealkylation sites (tertiary alicyclic amines) is 1. The van der Waals surface area contributed by atoms with Gasteiger partial charge in [-0.25, -0.2) is 0 Å². The van der Waals surface area contributed by atoms with Crippen molar-refractivity contribution in [3.63, 3.8) is 0 Å². The predicted molar refractivity (Wildman–Crippen MR) is 91.2 cm³/mol. The summed E-state index contributed by atoms with van der Waals surface area (Å²) >= 11 is 0. The van der Waals surface area contributed by atoms with Gasteiger partial charge >= 0.3 is 0 Å². The fourth-order valence-electron chi connectivity index (χ4n) is 3.78. The average Bonchev–Trinajstić information content (AvgIpc) is 3.13. The SMILES string of the molecule is Cl.Cn1nc(C(=O)N2CCC(N3CCNCC3)C2)cc1C1CC1. The molecule has 128 valence electrons. The number of piperazine rings is 1. The minimum atomic E-state index is 0. The van der Waals surface area contributed by atoms with Crippen molar-refractivity contribution in [2.24, 2.45) is 7.05 Å². The fourth-order valence-corrected chi connectivity index (χ4v) is 3.78. The van der Waals surface area contributed by atoms with Gasteiger partial charge in [-0.2, -0.15) is 5.10 Å². The third kappa shape index (κ3) is 3.39. The first-order valence-corrected chi connectivity index (χ1v) is 8.50. The fraction of sp³-hybridized carbons (Fsp3) is 0.750. The molecule has 7 heteroatoms. The van der Waals surface area contributed by atoms with Crippen LogP contribution in [0, 0.1) is 0 Å². The van der Waals surface area contributed by atoms with Crippen molar-refractivity contribution < 1.29 is 4.79 Å². The Balaban J connectivity index is 0.00000156. The van der Waals surface area contributed by atoms with Crippen LogP contribution in [0.3, 0.4) is 0 Å². The number of hydrogen-bond acceptors (Lipinski definition) is 4. The van der Waals surface area contributed by atoms with Crippen LogP contribution >= 0.6 is 12.4 Å². The molecule has 3 aliphatic rings. The van der Waals surface area contributed by atoms with Gasteiger partial charge in [0.15, 0.2) is 5.69 Å². The van der Waals surface area contributed by atoms with Gasteiger partial charge in [0.2, 0.25) is 0 Å². The van der Waals surface area contributed by atoms with E-state index in [9.17, 15) is 4.79 Å². The zero-order chi connectivity index (χ0) is 15.1. The van der Waals surface area contributed by atoms with Crippen molar-refractivity contribution in [1.82, 2.24) is 24.9 Å². The van der Waals surface area contributed by atoms with Gasteiger partial charge in [0.05, 0.1) is 0 Å². The van der Waals surface area contributed by atoms with Gasteiger partial charge in [0.25, 0.3) is 5.91 Å². The number of rotatable bonds is 3. The minimum Gasteiger partial charge on any atom is -0.336 e. The van der Waals surface area contributed by atoms with Crippen LogP contribution in [0.25, 0.3) is 0 Å². The molecule has 3 fully saturated rings. The molecule has 0 spiro atoms. The van der Waals surface area contributed by atoms with Crippen LogP contribution in [0.4, 0.5) is 0 Å². The van der Waals surface area contributed by atoms with Gasteiger partial charge < -0.3 is 10.2 Å². The summed E-state index contributed by atoms with van der Waals surface area (Å²) < 4.78 is 1.90. The Labute approximate surface area is 143 Å². The highest BCUT2D eigenvalue weighted by molar-refractivity contribution is 5.92. The third-order valence-corrected chi connectivity index (χ3v) is 5.25. The van der Waals surface area contributed by atoms with E-state index in [1.807, 2.05) is 22.7 Å². The largest absolute Gasteiger partial charge is 0.336 e. The lowest BCUT2D eigenvalue weighted by Crippen LogP contribution is -2.49. The number of halogens is 1. The Morgan fingerprint density at radius 1 is 1.22 bits per heavy atom. The molecule has 1 amide bonds. The Kier molecular flexibility index (Phi) is 4.94. The lowest BCUT2D eigenvalue weighted by Gasteiger charge is -2.32. The molecule has 0 aromatic carbocycles. The number of hydrogen-bond donors (Lipinski definition) is 1. The quantitative estimate of drug-likeness (QED) is 0.886. The molecule has 1 atom stereocenters. The molecule has 6 nitrogen and oxygen atoms in total. The monoisotopic (exact) mass is 339 g/mol. The van der Waals surface area contributed by atoms with Crippen molar-refractivity contribution in [3.8, 4) is 0 Å². The molecular weight excluding hydrogens is 314 g/mol. The minimum absolute atomic E-state index is 0. The van der Waals surface area contributed by atoms with E-state index in [0.29, 0.717) is 17.7 Å². The van der Waals surface area contributed by atoms with Crippen LogP contribution in [0.15, 0.2) is 6.07 Å². The maximum absolute atomic E-state index is 12.7. The van der Waals surface area contributed by atoms with Crippen LogP contribution in [-0.2, 0) is 7.05 Å². The summed E-state index contributed by atoms with van der Waals surface area (Å²) in [6, 6.07) is 2.54. The van der Waals surface area contributed by atoms with Gasteiger partial charge in [-0.1, -0.05) is 0 Å². The molecule has 1 unspecified atom stereocenters. The molecule has 2 aliphatic heterocycles. The van der Waals surface area contributed by atoms with Crippen molar-refractivity contribution >= 4 is 18.3 Å². The number of aryl methyl sites for hydroxylation is 1. The average molecular weight is 340 g/mol. The van der Waals surface area contributed by atoms with Gasteiger partial charge in [0.1, 0.15) is 0 Å². The van der Waals surface area contributed by atoms with Gasteiger partial charge in [-0.05, 0) is 25.3 Å². The summed E-state index contributed by atoms with van der Waals surface area (Å²) in [6.07, 6.45) is 3.57. The summed E-state index contributed by atoms with van der Waals surface area (Å²) in [5.74, 6) is 0.742. The summed E-state index contributed by atoms with van der Waals surface area (Å²) in [7, 11) is 1.96. The summed E-state index contributed by atoms with van der Waals surface area (Å²) in [6.45, 7) is 6.05. The molecule has 4 rings (SSSR count). The summed E-state index contributed by atoms with van der Waals surface area (Å²) in [5, 5.41) is 7.84. The highest BCUT2D eigenvalue weighted by Gasteiger charge is 2.33. The standard InChI is InChI=1S/C16H25N5O.ClH/c1-19-15(12-2-3-12)10-14(18-19)16(22)21-7-4-13(11-21)20-8-5-17-6-9-20;/h10,12-13,17H,2-9,11H2,1H3;1H. The van der Waals surface area contributed by atoms with E-state index in [2.05, 4.69) is 15.3 Å². The molecule has 1 N–H and O–H groups in total. The van der Waals surface area contributed by atoms with E-state index in [0.717, 1.165) is 45.7 Å². The van der Waals surface area contributed by atoms with E-state index >= 15 is 0 Å². The Morgan fingerprint density at radius 2 is 1.96 bits per heavy atom. The topological polar surface area (TPSA) is 53.4 Å². The van der Waals surface area contributed by atoms with Gasteiger partial charge in [-0.15, -0.1) is 12.4 Å². The second-order valence-corrected chi connectivity index (χ2v) is 6.83. The van der Waals surface area contributed by atoms with Crippen LogP contribution in [-0.4, -0.2) is 70.8 Å². The van der Waals surface area contributed by atoms with E-state index in [4.69, 9.17) is 0 Å². The van der Waals surface area contributed by atoms with Crippen LogP contribution < -0.4 is 5.32 Å². The molecule has 0 bridgehead atoms. The Hall–Kier alpha value is -1.11. The molecule has 1 aromatic heterocycles. The van der Waals surface area contributed by atoms with Gasteiger partial charge in [0, 0.05) is 64.0 Å². The van der Waals surface area contributed by atoms with Crippen molar-refractivity contribution in [1.29, 1.82) is 0 Å². The van der Waals surface area contributed by atoms with Crippen molar-refractivity contribution in [2.45, 2.75) is 31.2 Å². The number of nitrogens with one attached hydrogen (secondary N) is 1. The highest BCUT2D eigenvalue weighted by Crippen LogP contribution is 2.40. The summed E-state index contributed by atoms with van der Waals surface area (Å²) in [4.78, 5) is 17.2. The Bertz CT molecular complexity index is 565. The van der Waals surface area contributed by atoms with Gasteiger partial charge in [-0.3, -0.25) is 14.4 Å². The number of amides is 1. The van der Waals surface area contributed by atoms with E-state index in [1.54, 1.807) is 0 Å². The number of aromatic nitrogens is 2. The molecule has 1 aliphatic carbocycles. The Morgan fingerprint density at radius 3 is 2.65 bits per heavy atom. The molecular formula is C16H26ClN5O. The first kappa shape index (κ1) is 16.7. The van der Waals surface area contributed by atoms with Crippen LogP contribution in [0.5, 0.6) is 0 Å². The smallest absolute Gasteiger partial charge is 0.274 e. The van der Waals surface area contributed by atoms with Crippen molar-refractivity contribution in [2.75, 3.05) is 39.3 Å². The number of carbonyl (C=O) groups is 1. The maximum atomic E-state index is 12.7. The normalized spacial score (nSPS) is 25.4. The van der Waals surface area contributed by atoms with Crippen LogP contribution in [0.2, 0.25) is 0 Å². The first-order chi connectivity index (χ1) is 10.7. The highest BCUT2D eigenvalue weighted by atomic mass is 35.5. The van der Waals surface area contributed by atoms with Crippen molar-refractivity contribution in [3.05, 3.63) is 17.5 Å². The van der Waals surface area contributed by atoms with Crippen LogP contribution in [0.1, 0.15) is 41.4 Å². The second-order valence-electron chi connectivity index (χ2n) is 6.83. The molecule has 1 aromatic rings. The summed E-state index contributed by atoms with van der Waals surface area (Å²) in [5.41, 5.74) is 1.85. The molecule has 3 heterocycles. The van der Waals surface area contributed by atoms with E-state index in [-0.39, 0.29) is 18.3 Å². The number of nitrogens with zero attached hydrogens (tertiary/aromatic N) is 4. The zero-order valence-electron chi connectivity index (χ0n) is 13.7. The third-order valence-electron chi connectivity index (χ3n) is 5.25. The molecule has 0 radical (unpaired) electrons. The van der Waals surface area contributed by atoms with E-state index < -0.39 is 0 Å². The molecule has 1 saturated carbocycles. The second kappa shape index (κ2) is 6.79. The lowest BCUT2D eigenvalue weighted by atomic mass is 10.2. The maximum Gasteiger partial charge on any atom is 0.274 e. The first-order valence-electron chi connectivity index (χ1n) is 8.50. The number of carbonyl (C=O) groups excluding carboxylic acids is 1. The van der Waals surface area contributed by atoms with E-state index in [1.165, 1.54) is 18.5 Å². The molecule has 23 heavy (non-hydrogen) atoms. The molecule has 2 saturated heterocycles.